The second kappa shape index (κ2) is 5.92. The number of nitrogens with zero attached hydrogens (tertiary/aromatic N) is 2. The molecule has 0 amide bonds. The minimum Gasteiger partial charge on any atom is -0.300 e. The fraction of sp³-hybridized carbons (Fsp3) is 1.00. The van der Waals surface area contributed by atoms with Crippen molar-refractivity contribution >= 4 is 0 Å². The molecule has 2 aliphatic heterocycles. The summed E-state index contributed by atoms with van der Waals surface area (Å²) in [5.74, 6) is 0.932. The molecule has 1 unspecified atom stereocenters. The summed E-state index contributed by atoms with van der Waals surface area (Å²) in [6.45, 7) is 14.8. The lowest BCUT2D eigenvalue weighted by Crippen LogP contribution is -2.50. The van der Waals surface area contributed by atoms with Gasteiger partial charge in [-0.15, -0.1) is 0 Å². The lowest BCUT2D eigenvalue weighted by atomic mass is 9.87. The van der Waals surface area contributed by atoms with Gasteiger partial charge in [-0.25, -0.2) is 0 Å². The second-order valence-electron chi connectivity index (χ2n) is 7.33. The van der Waals surface area contributed by atoms with Crippen molar-refractivity contribution in [3.8, 4) is 0 Å². The van der Waals surface area contributed by atoms with Gasteiger partial charge in [0.1, 0.15) is 0 Å². The molecule has 0 saturated carbocycles. The molecule has 2 nitrogen and oxygen atoms in total. The molecule has 2 saturated heterocycles. The van der Waals surface area contributed by atoms with E-state index >= 15 is 0 Å². The fourth-order valence-electron chi connectivity index (χ4n) is 3.68. The smallest absolute Gasteiger partial charge is 0.0125 e. The first-order valence-electron chi connectivity index (χ1n) is 7.97. The molecule has 2 heteroatoms. The van der Waals surface area contributed by atoms with Crippen molar-refractivity contribution in [2.45, 2.75) is 71.4 Å². The van der Waals surface area contributed by atoms with E-state index in [4.69, 9.17) is 0 Å². The minimum atomic E-state index is 0.360. The van der Waals surface area contributed by atoms with E-state index in [1.165, 1.54) is 58.3 Å². The molecule has 0 aromatic carbocycles. The maximum atomic E-state index is 2.75. The van der Waals surface area contributed by atoms with Crippen LogP contribution in [0.25, 0.3) is 0 Å². The molecule has 2 heterocycles. The topological polar surface area (TPSA) is 6.48 Å². The normalized spacial score (nSPS) is 27.3. The Morgan fingerprint density at radius 3 is 1.94 bits per heavy atom. The zero-order valence-electron chi connectivity index (χ0n) is 12.9. The third-order valence-electron chi connectivity index (χ3n) is 5.14. The maximum absolute atomic E-state index is 2.75. The van der Waals surface area contributed by atoms with Gasteiger partial charge >= 0.3 is 0 Å². The van der Waals surface area contributed by atoms with Crippen LogP contribution in [0, 0.1) is 5.92 Å². The largest absolute Gasteiger partial charge is 0.300 e. The van der Waals surface area contributed by atoms with Gasteiger partial charge in [-0.05, 0) is 85.5 Å². The van der Waals surface area contributed by atoms with Crippen molar-refractivity contribution in [3.63, 3.8) is 0 Å². The first kappa shape index (κ1) is 14.3. The third-order valence-corrected chi connectivity index (χ3v) is 5.14. The van der Waals surface area contributed by atoms with E-state index in [2.05, 4.69) is 37.5 Å². The molecule has 2 fully saturated rings. The van der Waals surface area contributed by atoms with Gasteiger partial charge in [0.25, 0.3) is 0 Å². The molecule has 2 aliphatic rings. The fourth-order valence-corrected chi connectivity index (χ4v) is 3.68. The standard InChI is InChI=1S/C16H32N2/c1-14(17-10-6-5-7-11-17)15-8-12-18(13-9-15)16(2,3)4/h14-15H,5-13H2,1-4H3. The highest BCUT2D eigenvalue weighted by Gasteiger charge is 2.31. The Hall–Kier alpha value is -0.0800. The van der Waals surface area contributed by atoms with Gasteiger partial charge in [-0.1, -0.05) is 6.42 Å². The van der Waals surface area contributed by atoms with E-state index in [1.54, 1.807) is 0 Å². The Morgan fingerprint density at radius 2 is 1.44 bits per heavy atom. The van der Waals surface area contributed by atoms with Crippen LogP contribution in [0.3, 0.4) is 0 Å². The van der Waals surface area contributed by atoms with Crippen LogP contribution in [0.1, 0.15) is 59.8 Å². The minimum absolute atomic E-state index is 0.360. The molecule has 0 aliphatic carbocycles. The summed E-state index contributed by atoms with van der Waals surface area (Å²) in [4.78, 5) is 5.41. The number of rotatable bonds is 2. The summed E-state index contributed by atoms with van der Waals surface area (Å²) < 4.78 is 0. The average Bonchev–Trinajstić information content (AvgIpc) is 2.38. The monoisotopic (exact) mass is 252 g/mol. The molecule has 1 atom stereocenters. The SMILES string of the molecule is CC(C1CCN(C(C)(C)C)CC1)N1CCCCC1. The van der Waals surface area contributed by atoms with Crippen LogP contribution in [0.2, 0.25) is 0 Å². The Labute approximate surface area is 114 Å². The number of hydrogen-bond donors (Lipinski definition) is 0. The predicted octanol–water partition coefficient (Wildman–Crippen LogP) is 3.37. The maximum Gasteiger partial charge on any atom is 0.0125 e. The van der Waals surface area contributed by atoms with E-state index in [0.717, 1.165) is 12.0 Å². The molecule has 106 valence electrons. The molecule has 0 aromatic rings. The van der Waals surface area contributed by atoms with Crippen LogP contribution in [0.15, 0.2) is 0 Å². The van der Waals surface area contributed by atoms with Gasteiger partial charge in [0.05, 0.1) is 0 Å². The first-order chi connectivity index (χ1) is 8.48. The summed E-state index contributed by atoms with van der Waals surface area (Å²) in [5, 5.41) is 0. The lowest BCUT2D eigenvalue weighted by Gasteiger charge is -2.45. The summed E-state index contributed by atoms with van der Waals surface area (Å²) in [5.41, 5.74) is 0.360. The Balaban J connectivity index is 1.81. The Kier molecular flexibility index (Phi) is 4.71. The van der Waals surface area contributed by atoms with Crippen molar-refractivity contribution < 1.29 is 0 Å². The van der Waals surface area contributed by atoms with Gasteiger partial charge < -0.3 is 4.90 Å². The van der Waals surface area contributed by atoms with E-state index in [0.29, 0.717) is 5.54 Å². The highest BCUT2D eigenvalue weighted by molar-refractivity contribution is 4.86. The highest BCUT2D eigenvalue weighted by atomic mass is 15.2. The Morgan fingerprint density at radius 1 is 0.889 bits per heavy atom. The van der Waals surface area contributed by atoms with Crippen molar-refractivity contribution in [2.75, 3.05) is 26.2 Å². The van der Waals surface area contributed by atoms with Crippen LogP contribution in [0.4, 0.5) is 0 Å². The highest BCUT2D eigenvalue weighted by Crippen LogP contribution is 2.29. The predicted molar refractivity (Wildman–Crippen MR) is 78.9 cm³/mol. The van der Waals surface area contributed by atoms with Gasteiger partial charge in [0.15, 0.2) is 0 Å². The zero-order chi connectivity index (χ0) is 13.2. The van der Waals surface area contributed by atoms with Crippen LogP contribution in [0.5, 0.6) is 0 Å². The second-order valence-corrected chi connectivity index (χ2v) is 7.33. The van der Waals surface area contributed by atoms with Crippen molar-refractivity contribution in [3.05, 3.63) is 0 Å². The molecule has 0 bridgehead atoms. The first-order valence-corrected chi connectivity index (χ1v) is 7.97. The summed E-state index contributed by atoms with van der Waals surface area (Å²) in [6.07, 6.45) is 7.09. The lowest BCUT2D eigenvalue weighted by molar-refractivity contribution is 0.0462. The molecule has 0 radical (unpaired) electrons. The van der Waals surface area contributed by atoms with E-state index < -0.39 is 0 Å². The number of likely N-dealkylation sites (tertiary alicyclic amines) is 2. The summed E-state index contributed by atoms with van der Waals surface area (Å²) >= 11 is 0. The number of piperidine rings is 2. The quantitative estimate of drug-likeness (QED) is 0.743. The molecular weight excluding hydrogens is 220 g/mol. The third kappa shape index (κ3) is 3.48. The van der Waals surface area contributed by atoms with Gasteiger partial charge in [0, 0.05) is 11.6 Å². The van der Waals surface area contributed by atoms with E-state index in [-0.39, 0.29) is 0 Å². The molecule has 2 rings (SSSR count). The van der Waals surface area contributed by atoms with Crippen molar-refractivity contribution in [1.82, 2.24) is 9.80 Å². The Bertz CT molecular complexity index is 242. The van der Waals surface area contributed by atoms with Crippen LogP contribution >= 0.6 is 0 Å². The zero-order valence-corrected chi connectivity index (χ0v) is 12.9. The van der Waals surface area contributed by atoms with Crippen LogP contribution in [-0.2, 0) is 0 Å². The van der Waals surface area contributed by atoms with Gasteiger partial charge in [0.2, 0.25) is 0 Å². The van der Waals surface area contributed by atoms with E-state index in [1.807, 2.05) is 0 Å². The molecule has 18 heavy (non-hydrogen) atoms. The molecule has 0 N–H and O–H groups in total. The number of hydrogen-bond acceptors (Lipinski definition) is 2. The van der Waals surface area contributed by atoms with Gasteiger partial charge in [-0.3, -0.25) is 4.90 Å². The average molecular weight is 252 g/mol. The molecule has 0 spiro atoms. The summed E-state index contributed by atoms with van der Waals surface area (Å²) in [7, 11) is 0. The van der Waals surface area contributed by atoms with Crippen molar-refractivity contribution in [2.24, 2.45) is 5.92 Å². The van der Waals surface area contributed by atoms with E-state index in [9.17, 15) is 0 Å². The summed E-state index contributed by atoms with van der Waals surface area (Å²) in [6, 6.07) is 0.812. The molecule has 0 aromatic heterocycles. The van der Waals surface area contributed by atoms with Gasteiger partial charge in [-0.2, -0.15) is 0 Å². The van der Waals surface area contributed by atoms with Crippen LogP contribution in [-0.4, -0.2) is 47.6 Å². The molecular formula is C16H32N2. The van der Waals surface area contributed by atoms with Crippen molar-refractivity contribution in [1.29, 1.82) is 0 Å². The van der Waals surface area contributed by atoms with Crippen LogP contribution < -0.4 is 0 Å².